The van der Waals surface area contributed by atoms with E-state index in [2.05, 4.69) is 25.7 Å². The third-order valence-corrected chi connectivity index (χ3v) is 3.45. The van der Waals surface area contributed by atoms with E-state index in [4.69, 9.17) is 10.5 Å². The summed E-state index contributed by atoms with van der Waals surface area (Å²) < 4.78 is 5.85. The minimum atomic E-state index is 0.432. The van der Waals surface area contributed by atoms with Crippen LogP contribution in [0, 0.1) is 5.92 Å². The summed E-state index contributed by atoms with van der Waals surface area (Å²) in [6.45, 7) is 10.6. The molecule has 0 spiro atoms. The predicted molar refractivity (Wildman–Crippen MR) is 68.5 cm³/mol. The first-order chi connectivity index (χ1) is 7.69. The third-order valence-electron chi connectivity index (χ3n) is 3.45. The highest BCUT2D eigenvalue weighted by atomic mass is 16.5. The number of ether oxygens (including phenoxy) is 1. The molecule has 1 fully saturated rings. The highest BCUT2D eigenvalue weighted by Crippen LogP contribution is 2.19. The number of nitrogens with zero attached hydrogens (tertiary/aromatic N) is 1. The van der Waals surface area contributed by atoms with Crippen molar-refractivity contribution >= 4 is 0 Å². The first-order valence-corrected chi connectivity index (χ1v) is 6.74. The molecule has 0 saturated carbocycles. The van der Waals surface area contributed by atoms with Crippen LogP contribution >= 0.6 is 0 Å². The highest BCUT2D eigenvalue weighted by Gasteiger charge is 2.26. The number of hydrogen-bond acceptors (Lipinski definition) is 3. The SMILES string of the molecule is CCCOC1CCCN(C(CN)C(C)C)C1. The summed E-state index contributed by atoms with van der Waals surface area (Å²) in [4.78, 5) is 2.52. The fourth-order valence-electron chi connectivity index (χ4n) is 2.53. The van der Waals surface area contributed by atoms with Crippen LogP contribution in [0.25, 0.3) is 0 Å². The molecule has 0 amide bonds. The van der Waals surface area contributed by atoms with Gasteiger partial charge >= 0.3 is 0 Å². The van der Waals surface area contributed by atoms with Crippen LogP contribution in [0.2, 0.25) is 0 Å². The fourth-order valence-corrected chi connectivity index (χ4v) is 2.53. The first kappa shape index (κ1) is 13.9. The second-order valence-corrected chi connectivity index (χ2v) is 5.18. The molecule has 1 rings (SSSR count). The molecule has 1 heterocycles. The van der Waals surface area contributed by atoms with Crippen molar-refractivity contribution in [3.8, 4) is 0 Å². The lowest BCUT2D eigenvalue weighted by atomic mass is 9.98. The van der Waals surface area contributed by atoms with Gasteiger partial charge in [0.2, 0.25) is 0 Å². The molecule has 3 nitrogen and oxygen atoms in total. The van der Waals surface area contributed by atoms with Gasteiger partial charge in [-0.25, -0.2) is 0 Å². The summed E-state index contributed by atoms with van der Waals surface area (Å²) in [5.41, 5.74) is 5.87. The van der Waals surface area contributed by atoms with Gasteiger partial charge in [0.25, 0.3) is 0 Å². The molecule has 0 aromatic heterocycles. The second-order valence-electron chi connectivity index (χ2n) is 5.18. The van der Waals surface area contributed by atoms with Crippen molar-refractivity contribution in [1.29, 1.82) is 0 Å². The van der Waals surface area contributed by atoms with Crippen LogP contribution in [0.4, 0.5) is 0 Å². The van der Waals surface area contributed by atoms with Crippen LogP contribution in [0.15, 0.2) is 0 Å². The lowest BCUT2D eigenvalue weighted by Gasteiger charge is -2.39. The molecule has 96 valence electrons. The van der Waals surface area contributed by atoms with Gasteiger partial charge in [0.1, 0.15) is 0 Å². The molecule has 16 heavy (non-hydrogen) atoms. The summed E-state index contributed by atoms with van der Waals surface area (Å²) >= 11 is 0. The molecule has 2 unspecified atom stereocenters. The molecule has 2 N–H and O–H groups in total. The summed E-state index contributed by atoms with van der Waals surface area (Å²) in [5, 5.41) is 0. The molecule has 3 heteroatoms. The van der Waals surface area contributed by atoms with E-state index in [0.29, 0.717) is 18.1 Å². The highest BCUT2D eigenvalue weighted by molar-refractivity contribution is 4.82. The molecular formula is C13H28N2O. The van der Waals surface area contributed by atoms with Gasteiger partial charge < -0.3 is 10.5 Å². The Hall–Kier alpha value is -0.120. The maximum absolute atomic E-state index is 5.87. The third kappa shape index (κ3) is 4.04. The predicted octanol–water partition coefficient (Wildman–Crippen LogP) is 1.86. The molecule has 2 atom stereocenters. The summed E-state index contributed by atoms with van der Waals surface area (Å²) in [7, 11) is 0. The van der Waals surface area contributed by atoms with Gasteiger partial charge in [-0.15, -0.1) is 0 Å². The van der Waals surface area contributed by atoms with Crippen molar-refractivity contribution in [3.63, 3.8) is 0 Å². The fraction of sp³-hybridized carbons (Fsp3) is 1.00. The zero-order valence-corrected chi connectivity index (χ0v) is 11.1. The Kier molecular flexibility index (Phi) is 6.32. The second kappa shape index (κ2) is 7.25. The van der Waals surface area contributed by atoms with E-state index in [-0.39, 0.29) is 0 Å². The molecule has 1 aliphatic rings. The summed E-state index contributed by atoms with van der Waals surface area (Å²) in [6, 6.07) is 0.521. The number of likely N-dealkylation sites (tertiary alicyclic amines) is 1. The van der Waals surface area contributed by atoms with E-state index in [1.807, 2.05) is 0 Å². The zero-order valence-electron chi connectivity index (χ0n) is 11.1. The Morgan fingerprint density at radius 1 is 1.44 bits per heavy atom. The van der Waals surface area contributed by atoms with Crippen LogP contribution in [0.1, 0.15) is 40.0 Å². The van der Waals surface area contributed by atoms with Crippen LogP contribution in [0.5, 0.6) is 0 Å². The van der Waals surface area contributed by atoms with Gasteiger partial charge in [0.15, 0.2) is 0 Å². The average molecular weight is 228 g/mol. The van der Waals surface area contributed by atoms with Crippen molar-refractivity contribution in [2.24, 2.45) is 11.7 Å². The quantitative estimate of drug-likeness (QED) is 0.754. The lowest BCUT2D eigenvalue weighted by Crippen LogP contribution is -2.50. The van der Waals surface area contributed by atoms with Crippen LogP contribution < -0.4 is 5.73 Å². The molecule has 0 radical (unpaired) electrons. The van der Waals surface area contributed by atoms with Crippen molar-refractivity contribution < 1.29 is 4.74 Å². The molecule has 1 aliphatic heterocycles. The van der Waals surface area contributed by atoms with Crippen molar-refractivity contribution in [2.75, 3.05) is 26.2 Å². The van der Waals surface area contributed by atoms with Gasteiger partial charge in [-0.3, -0.25) is 4.90 Å². The largest absolute Gasteiger partial charge is 0.377 e. The monoisotopic (exact) mass is 228 g/mol. The van der Waals surface area contributed by atoms with Gasteiger partial charge in [0.05, 0.1) is 6.10 Å². The van der Waals surface area contributed by atoms with Crippen molar-refractivity contribution in [3.05, 3.63) is 0 Å². The van der Waals surface area contributed by atoms with Gasteiger partial charge in [0, 0.05) is 25.7 Å². The van der Waals surface area contributed by atoms with Crippen LogP contribution in [-0.4, -0.2) is 43.3 Å². The summed E-state index contributed by atoms with van der Waals surface area (Å²) in [6.07, 6.45) is 4.01. The maximum Gasteiger partial charge on any atom is 0.0702 e. The van der Waals surface area contributed by atoms with E-state index in [9.17, 15) is 0 Å². The number of rotatable bonds is 6. The Bertz CT molecular complexity index is 185. The smallest absolute Gasteiger partial charge is 0.0702 e. The normalized spacial score (nSPS) is 24.9. The average Bonchev–Trinajstić information content (AvgIpc) is 2.27. The first-order valence-electron chi connectivity index (χ1n) is 6.74. The number of nitrogens with two attached hydrogens (primary N) is 1. The van der Waals surface area contributed by atoms with Crippen LogP contribution in [0.3, 0.4) is 0 Å². The molecule has 1 saturated heterocycles. The number of hydrogen-bond donors (Lipinski definition) is 1. The maximum atomic E-state index is 5.87. The van der Waals surface area contributed by atoms with Crippen molar-refractivity contribution in [2.45, 2.75) is 52.2 Å². The minimum Gasteiger partial charge on any atom is -0.377 e. The van der Waals surface area contributed by atoms with E-state index >= 15 is 0 Å². The molecular weight excluding hydrogens is 200 g/mol. The zero-order chi connectivity index (χ0) is 12.0. The van der Waals surface area contributed by atoms with E-state index in [0.717, 1.165) is 26.1 Å². The Balaban J connectivity index is 2.42. The number of piperidine rings is 1. The standard InChI is InChI=1S/C13H28N2O/c1-4-8-16-12-6-5-7-15(10-12)13(9-14)11(2)3/h11-13H,4-10,14H2,1-3H3. The van der Waals surface area contributed by atoms with E-state index < -0.39 is 0 Å². The topological polar surface area (TPSA) is 38.5 Å². The Morgan fingerprint density at radius 3 is 2.75 bits per heavy atom. The van der Waals surface area contributed by atoms with Gasteiger partial charge in [-0.05, 0) is 31.7 Å². The Labute approximate surface area is 100 Å². The summed E-state index contributed by atoms with van der Waals surface area (Å²) in [5.74, 6) is 0.634. The van der Waals surface area contributed by atoms with Gasteiger partial charge in [-0.2, -0.15) is 0 Å². The Morgan fingerprint density at radius 2 is 2.19 bits per heavy atom. The van der Waals surface area contributed by atoms with Gasteiger partial charge in [-0.1, -0.05) is 20.8 Å². The minimum absolute atomic E-state index is 0.432. The molecule has 0 aromatic rings. The molecule has 0 bridgehead atoms. The molecule has 0 aliphatic carbocycles. The van der Waals surface area contributed by atoms with Crippen LogP contribution in [-0.2, 0) is 4.74 Å². The van der Waals surface area contributed by atoms with E-state index in [1.54, 1.807) is 0 Å². The molecule has 0 aromatic carbocycles. The van der Waals surface area contributed by atoms with Crippen molar-refractivity contribution in [1.82, 2.24) is 4.90 Å². The van der Waals surface area contributed by atoms with E-state index in [1.165, 1.54) is 19.4 Å². The lowest BCUT2D eigenvalue weighted by molar-refractivity contribution is -0.0172.